The molecule has 16 nitrogen and oxygen atoms in total. The van der Waals surface area contributed by atoms with Gasteiger partial charge in [-0.2, -0.15) is 13.5 Å². The number of benzene rings is 1. The molecule has 1 aromatic carbocycles. The number of nitrogens with zero attached hydrogens (tertiary/aromatic N) is 4. The quantitative estimate of drug-likeness (QED) is 0.0844. The van der Waals surface area contributed by atoms with E-state index in [2.05, 4.69) is 24.7 Å². The number of carboxylic acid groups (broad SMARTS) is 1. The Balaban J connectivity index is 1.26. The molecule has 0 unspecified atom stereocenters. The Morgan fingerprint density at radius 1 is 1.30 bits per heavy atom. The van der Waals surface area contributed by atoms with Gasteiger partial charge in [0.2, 0.25) is 0 Å². The predicted octanol–water partition coefficient (Wildman–Crippen LogP) is 2.09. The molecule has 1 saturated heterocycles. The normalized spacial score (nSPS) is 19.9. The van der Waals surface area contributed by atoms with Gasteiger partial charge in [-0.15, -0.1) is 15.6 Å². The summed E-state index contributed by atoms with van der Waals surface area (Å²) < 4.78 is 41.5. The van der Waals surface area contributed by atoms with Crippen LogP contribution in [0.4, 0.5) is 10.3 Å². The fourth-order valence-electron chi connectivity index (χ4n) is 4.27. The lowest BCUT2D eigenvalue weighted by molar-refractivity contribution is -0.204. The molecule has 3 heterocycles. The zero-order valence-corrected chi connectivity index (χ0v) is 24.9. The van der Waals surface area contributed by atoms with Gasteiger partial charge in [0.05, 0.1) is 22.2 Å². The van der Waals surface area contributed by atoms with Crippen molar-refractivity contribution in [2.75, 3.05) is 17.7 Å². The summed E-state index contributed by atoms with van der Waals surface area (Å²) in [4.78, 5) is 51.2. The molecule has 1 aliphatic carbocycles. The van der Waals surface area contributed by atoms with Gasteiger partial charge in [-0.05, 0) is 44.4 Å². The third-order valence-corrected chi connectivity index (χ3v) is 8.81. The van der Waals surface area contributed by atoms with Crippen LogP contribution >= 0.6 is 22.7 Å². The first-order valence-electron chi connectivity index (χ1n) is 12.9. The third-order valence-electron chi connectivity index (χ3n) is 6.84. The van der Waals surface area contributed by atoms with Gasteiger partial charge in [0.25, 0.3) is 12.0 Å². The standard InChI is InChI=1S/C24H26N6O10S3/c1-11-14(21(32)30(11)40-43(35,36)37)8-17(31)20(16-10-41-23(25)27-16)29-39-18(22(33)34)9-38-13-5-6-15-19(7-13)42-24(28-15)26-12-3-2-4-12/h5-7,10-12,14,18H,2-4,8-9H2,1H3,(H2,25,27)(H,26,28)(H,33,34)(H,35,36,37)/b29-20-/t11-,14-,18-/m0/s1. The van der Waals surface area contributed by atoms with Crippen molar-refractivity contribution in [3.8, 4) is 5.75 Å². The molecule has 1 saturated carbocycles. The molecule has 5 N–H and O–H groups in total. The average Bonchev–Trinajstić information content (AvgIpc) is 3.54. The summed E-state index contributed by atoms with van der Waals surface area (Å²) in [5.74, 6) is -3.67. The van der Waals surface area contributed by atoms with Crippen LogP contribution in [0.25, 0.3) is 10.2 Å². The number of carbonyl (C=O) groups is 3. The van der Waals surface area contributed by atoms with Gasteiger partial charge >= 0.3 is 16.4 Å². The molecule has 2 aliphatic rings. The van der Waals surface area contributed by atoms with Gasteiger partial charge in [0, 0.05) is 17.8 Å². The van der Waals surface area contributed by atoms with E-state index in [0.29, 0.717) is 16.9 Å². The van der Waals surface area contributed by atoms with Crippen LogP contribution in [0, 0.1) is 5.92 Å². The number of oxime groups is 1. The summed E-state index contributed by atoms with van der Waals surface area (Å²) in [6.45, 7) is 0.947. The fraction of sp³-hybridized carbons (Fsp3) is 0.417. The Hall–Kier alpha value is -3.91. The molecule has 43 heavy (non-hydrogen) atoms. The smallest absolute Gasteiger partial charge is 0.418 e. The number of carbonyl (C=O) groups excluding carboxylic acids is 2. The van der Waals surface area contributed by atoms with Gasteiger partial charge in [-0.1, -0.05) is 16.5 Å². The highest BCUT2D eigenvalue weighted by molar-refractivity contribution is 7.80. The molecule has 0 spiro atoms. The van der Waals surface area contributed by atoms with Gasteiger partial charge < -0.3 is 25.7 Å². The number of nitrogens with one attached hydrogen (secondary N) is 1. The molecule has 3 atom stereocenters. The van der Waals surface area contributed by atoms with E-state index in [0.717, 1.165) is 39.5 Å². The number of nitrogens with two attached hydrogens (primary N) is 1. The van der Waals surface area contributed by atoms with E-state index in [1.807, 2.05) is 0 Å². The van der Waals surface area contributed by atoms with Gasteiger partial charge in [-0.3, -0.25) is 14.1 Å². The number of hydroxylamine groups is 2. The topological polar surface area (TPSA) is 233 Å². The predicted molar refractivity (Wildman–Crippen MR) is 154 cm³/mol. The first-order chi connectivity index (χ1) is 20.4. The third kappa shape index (κ3) is 7.19. The van der Waals surface area contributed by atoms with Crippen molar-refractivity contribution in [1.29, 1.82) is 0 Å². The minimum atomic E-state index is -4.94. The van der Waals surface area contributed by atoms with Gasteiger partial charge in [0.1, 0.15) is 18.1 Å². The number of nitrogen functional groups attached to an aromatic ring is 1. The van der Waals surface area contributed by atoms with Crippen LogP contribution in [0.3, 0.4) is 0 Å². The Kier molecular flexibility index (Phi) is 8.79. The number of ether oxygens (including phenoxy) is 1. The maximum absolute atomic E-state index is 13.2. The number of anilines is 2. The molecule has 19 heteroatoms. The van der Waals surface area contributed by atoms with Gasteiger partial charge in [0.15, 0.2) is 21.8 Å². The number of β-lactam (4-membered cyclic amide) rings is 1. The average molecular weight is 655 g/mol. The van der Waals surface area contributed by atoms with Crippen molar-refractivity contribution < 1.29 is 46.3 Å². The van der Waals surface area contributed by atoms with Crippen LogP contribution in [0.1, 0.15) is 38.3 Å². The lowest BCUT2D eigenvalue weighted by atomic mass is 9.85. The largest absolute Gasteiger partial charge is 0.489 e. The number of thiazole rings is 2. The van der Waals surface area contributed by atoms with E-state index < -0.39 is 64.9 Å². The van der Waals surface area contributed by atoms with Crippen molar-refractivity contribution in [3.05, 3.63) is 29.3 Å². The Morgan fingerprint density at radius 2 is 2.07 bits per heavy atom. The molecular weight excluding hydrogens is 628 g/mol. The maximum Gasteiger partial charge on any atom is 0.418 e. The molecule has 5 rings (SSSR count). The summed E-state index contributed by atoms with van der Waals surface area (Å²) >= 11 is 2.45. The van der Waals surface area contributed by atoms with Crippen LogP contribution in [-0.4, -0.2) is 81.3 Å². The number of Topliss-reactive ketones (excluding diaryl/α,β-unsaturated/α-hetero) is 1. The molecule has 0 bridgehead atoms. The van der Waals surface area contributed by atoms with E-state index in [4.69, 9.17) is 19.9 Å². The van der Waals surface area contributed by atoms with Crippen molar-refractivity contribution >= 4 is 76.9 Å². The Bertz CT molecular complexity index is 1690. The van der Waals surface area contributed by atoms with Crippen LogP contribution in [0.5, 0.6) is 5.75 Å². The highest BCUT2D eigenvalue weighted by Gasteiger charge is 2.49. The molecule has 1 amide bonds. The van der Waals surface area contributed by atoms with Gasteiger partial charge in [-0.25, -0.2) is 14.8 Å². The lowest BCUT2D eigenvalue weighted by Gasteiger charge is -2.41. The van der Waals surface area contributed by atoms with Crippen LogP contribution in [0.15, 0.2) is 28.7 Å². The van der Waals surface area contributed by atoms with E-state index >= 15 is 0 Å². The van der Waals surface area contributed by atoms with Crippen molar-refractivity contribution in [1.82, 2.24) is 15.0 Å². The number of aromatic nitrogens is 2. The highest BCUT2D eigenvalue weighted by atomic mass is 32.3. The number of amides is 1. The maximum atomic E-state index is 13.2. The molecule has 0 radical (unpaired) electrons. The lowest BCUT2D eigenvalue weighted by Crippen LogP contribution is -2.60. The first kappa shape index (κ1) is 30.5. The van der Waals surface area contributed by atoms with E-state index in [1.165, 1.54) is 30.1 Å². The molecule has 230 valence electrons. The molecule has 2 fully saturated rings. The number of ketones is 1. The number of hydrogen-bond acceptors (Lipinski definition) is 15. The zero-order valence-electron chi connectivity index (χ0n) is 22.4. The van der Waals surface area contributed by atoms with Crippen LogP contribution in [0.2, 0.25) is 0 Å². The summed E-state index contributed by atoms with van der Waals surface area (Å²) in [5.41, 5.74) is 6.05. The first-order valence-corrected chi connectivity index (χ1v) is 16.0. The SMILES string of the molecule is C[C@H]1[C@H](CC(=O)/C(=N\O[C@@H](COc2ccc3nc(NC4CCC4)sc3c2)C(=O)O)c2csc(N)n2)C(=O)N1OS(=O)(=O)O. The van der Waals surface area contributed by atoms with E-state index in [9.17, 15) is 27.9 Å². The van der Waals surface area contributed by atoms with Crippen molar-refractivity contribution in [2.24, 2.45) is 11.1 Å². The Morgan fingerprint density at radius 3 is 2.67 bits per heavy atom. The summed E-state index contributed by atoms with van der Waals surface area (Å²) in [5, 5.41) is 19.6. The molecule has 3 aromatic rings. The number of aliphatic carboxylic acids is 1. The second-order valence-corrected chi connectivity index (χ2v) is 12.7. The number of hydrogen-bond donors (Lipinski definition) is 4. The molecular formula is C24H26N6O10S3. The van der Waals surface area contributed by atoms with E-state index in [-0.39, 0.29) is 10.8 Å². The number of fused-ring (bicyclic) bond motifs is 1. The summed E-state index contributed by atoms with van der Waals surface area (Å²) in [7, 11) is -4.94. The van der Waals surface area contributed by atoms with Crippen molar-refractivity contribution in [2.45, 2.75) is 50.8 Å². The molecule has 2 aromatic heterocycles. The van der Waals surface area contributed by atoms with Crippen LogP contribution in [-0.2, 0) is 33.9 Å². The fourth-order valence-corrected chi connectivity index (χ4v) is 6.20. The van der Waals surface area contributed by atoms with E-state index in [1.54, 1.807) is 18.2 Å². The minimum absolute atomic E-state index is 0.00927. The Labute approximate surface area is 252 Å². The zero-order chi connectivity index (χ0) is 30.9. The minimum Gasteiger partial charge on any atom is -0.489 e. The van der Waals surface area contributed by atoms with Crippen LogP contribution < -0.4 is 15.8 Å². The van der Waals surface area contributed by atoms with Crippen molar-refractivity contribution in [3.63, 3.8) is 0 Å². The summed E-state index contributed by atoms with van der Waals surface area (Å²) in [6.07, 6.45) is 1.31. The second-order valence-electron chi connectivity index (χ2n) is 9.82. The monoisotopic (exact) mass is 654 g/mol. The second kappa shape index (κ2) is 12.4. The summed E-state index contributed by atoms with van der Waals surface area (Å²) in [6, 6.07) is 4.68. The molecule has 1 aliphatic heterocycles. The highest BCUT2D eigenvalue weighted by Crippen LogP contribution is 2.33. The number of carboxylic acids is 1. The number of rotatable bonds is 14.